The summed E-state index contributed by atoms with van der Waals surface area (Å²) in [7, 11) is 2.88. The van der Waals surface area contributed by atoms with E-state index in [1.165, 1.54) is 26.4 Å². The summed E-state index contributed by atoms with van der Waals surface area (Å²) in [5, 5.41) is 9.20. The zero-order chi connectivity index (χ0) is 24.8. The molecule has 3 aromatic carbocycles. The highest BCUT2D eigenvalue weighted by Crippen LogP contribution is 2.46. The lowest BCUT2D eigenvalue weighted by atomic mass is 9.89. The number of aromatic nitrogens is 3. The van der Waals surface area contributed by atoms with E-state index in [4.69, 9.17) is 14.2 Å². The third-order valence-corrected chi connectivity index (χ3v) is 6.99. The normalized spacial score (nSPS) is 14.6. The number of fused-ring (bicyclic) bond motifs is 2. The van der Waals surface area contributed by atoms with Gasteiger partial charge in [-0.1, -0.05) is 0 Å². The molecule has 0 aliphatic carbocycles. The first kappa shape index (κ1) is 22.5. The standard InChI is InChI=1S/C28H25F2N3O3/c1-34-24-12-17(13-25(35-2)27(24)30)26-21-14-22-18(15-31-32-22)11-23(21)33(20-5-3-19(29)4-6-20)28(26)16-7-9-36-10-8-16/h3-6,11-16H,7-10H2,1-2H3,(H,31,32). The van der Waals surface area contributed by atoms with Crippen molar-refractivity contribution >= 4 is 21.8 Å². The second kappa shape index (κ2) is 8.95. The number of nitrogens with one attached hydrogen (secondary N) is 1. The molecule has 2 aromatic heterocycles. The Labute approximate surface area is 206 Å². The zero-order valence-electron chi connectivity index (χ0n) is 20.0. The molecular formula is C28H25F2N3O3. The number of halogens is 2. The van der Waals surface area contributed by atoms with Crippen LogP contribution >= 0.6 is 0 Å². The predicted octanol–water partition coefficient (Wildman–Crippen LogP) is 6.36. The maximum absolute atomic E-state index is 14.9. The fraction of sp³-hybridized carbons (Fsp3) is 0.250. The summed E-state index contributed by atoms with van der Waals surface area (Å²) in [5.41, 5.74) is 5.48. The van der Waals surface area contributed by atoms with Gasteiger partial charge in [0.2, 0.25) is 5.82 Å². The van der Waals surface area contributed by atoms with Crippen molar-refractivity contribution in [2.24, 2.45) is 0 Å². The molecule has 1 N–H and O–H groups in total. The second-order valence-corrected chi connectivity index (χ2v) is 8.98. The van der Waals surface area contributed by atoms with E-state index in [0.717, 1.165) is 57.2 Å². The smallest absolute Gasteiger partial charge is 0.206 e. The van der Waals surface area contributed by atoms with Gasteiger partial charge in [-0.25, -0.2) is 4.39 Å². The molecule has 0 saturated carbocycles. The molecule has 5 aromatic rings. The van der Waals surface area contributed by atoms with Gasteiger partial charge in [-0.15, -0.1) is 0 Å². The van der Waals surface area contributed by atoms with Crippen LogP contribution in [-0.4, -0.2) is 42.2 Å². The molecule has 3 heterocycles. The van der Waals surface area contributed by atoms with E-state index < -0.39 is 5.82 Å². The average molecular weight is 490 g/mol. The van der Waals surface area contributed by atoms with Crippen LogP contribution in [0.1, 0.15) is 24.5 Å². The second-order valence-electron chi connectivity index (χ2n) is 8.98. The van der Waals surface area contributed by atoms with Gasteiger partial charge in [-0.3, -0.25) is 5.10 Å². The van der Waals surface area contributed by atoms with Crippen LogP contribution < -0.4 is 9.47 Å². The highest BCUT2D eigenvalue weighted by molar-refractivity contribution is 6.06. The number of H-pyrrole nitrogens is 1. The van der Waals surface area contributed by atoms with Crippen LogP contribution in [0.3, 0.4) is 0 Å². The molecule has 0 bridgehead atoms. The zero-order valence-corrected chi connectivity index (χ0v) is 20.0. The summed E-state index contributed by atoms with van der Waals surface area (Å²) >= 11 is 0. The highest BCUT2D eigenvalue weighted by atomic mass is 19.1. The number of aromatic amines is 1. The quantitative estimate of drug-likeness (QED) is 0.312. The predicted molar refractivity (Wildman–Crippen MR) is 134 cm³/mol. The minimum absolute atomic E-state index is 0.104. The van der Waals surface area contributed by atoms with Crippen LogP contribution in [0.2, 0.25) is 0 Å². The average Bonchev–Trinajstić information content (AvgIpc) is 3.50. The Hall–Kier alpha value is -3.91. The Bertz CT molecular complexity index is 1540. The van der Waals surface area contributed by atoms with Crippen molar-refractivity contribution in [1.29, 1.82) is 0 Å². The topological polar surface area (TPSA) is 61.3 Å². The number of benzene rings is 3. The SMILES string of the molecule is COc1cc(-c2c(C3CCOCC3)n(-c3ccc(F)cc3)c3cc4cn[nH]c4cc23)cc(OC)c1F. The number of nitrogens with zero attached hydrogens (tertiary/aromatic N) is 2. The summed E-state index contributed by atoms with van der Waals surface area (Å²) in [6, 6.07) is 14.1. The molecule has 1 fully saturated rings. The number of rotatable bonds is 5. The minimum Gasteiger partial charge on any atom is -0.494 e. The van der Waals surface area contributed by atoms with Crippen molar-refractivity contribution in [1.82, 2.24) is 14.8 Å². The molecule has 0 unspecified atom stereocenters. The summed E-state index contributed by atoms with van der Waals surface area (Å²) in [6.45, 7) is 1.30. The van der Waals surface area contributed by atoms with Crippen molar-refractivity contribution in [3.63, 3.8) is 0 Å². The van der Waals surface area contributed by atoms with Gasteiger partial charge in [0.15, 0.2) is 11.5 Å². The summed E-state index contributed by atoms with van der Waals surface area (Å²) in [6.07, 6.45) is 3.45. The monoisotopic (exact) mass is 489 g/mol. The van der Waals surface area contributed by atoms with E-state index in [1.54, 1.807) is 30.5 Å². The van der Waals surface area contributed by atoms with Gasteiger partial charge in [0.25, 0.3) is 0 Å². The van der Waals surface area contributed by atoms with E-state index in [2.05, 4.69) is 26.9 Å². The molecule has 8 heteroatoms. The molecule has 0 radical (unpaired) electrons. The number of hydrogen-bond donors (Lipinski definition) is 1. The van der Waals surface area contributed by atoms with Crippen molar-refractivity contribution in [2.45, 2.75) is 18.8 Å². The highest BCUT2D eigenvalue weighted by Gasteiger charge is 2.29. The maximum atomic E-state index is 14.9. The molecule has 0 atom stereocenters. The van der Waals surface area contributed by atoms with Gasteiger partial charge in [0, 0.05) is 46.8 Å². The number of hydrogen-bond acceptors (Lipinski definition) is 4. The van der Waals surface area contributed by atoms with E-state index in [0.29, 0.717) is 13.2 Å². The van der Waals surface area contributed by atoms with Crippen molar-refractivity contribution < 1.29 is 23.0 Å². The molecule has 6 nitrogen and oxygen atoms in total. The molecule has 1 aliphatic heterocycles. The first-order chi connectivity index (χ1) is 17.6. The van der Waals surface area contributed by atoms with Crippen LogP contribution in [0.4, 0.5) is 8.78 Å². The van der Waals surface area contributed by atoms with Crippen molar-refractivity contribution in [2.75, 3.05) is 27.4 Å². The summed E-state index contributed by atoms with van der Waals surface area (Å²) in [5.74, 6) is -0.465. The Balaban J connectivity index is 1.76. The van der Waals surface area contributed by atoms with Gasteiger partial charge in [0.05, 0.1) is 31.4 Å². The Kier molecular flexibility index (Phi) is 5.60. The lowest BCUT2D eigenvalue weighted by Gasteiger charge is -2.26. The fourth-order valence-corrected chi connectivity index (χ4v) is 5.29. The first-order valence-corrected chi connectivity index (χ1v) is 11.9. The Morgan fingerprint density at radius 2 is 1.67 bits per heavy atom. The summed E-state index contributed by atoms with van der Waals surface area (Å²) in [4.78, 5) is 0. The third-order valence-electron chi connectivity index (χ3n) is 6.99. The molecule has 36 heavy (non-hydrogen) atoms. The molecule has 1 saturated heterocycles. The van der Waals surface area contributed by atoms with Gasteiger partial charge in [0.1, 0.15) is 5.82 Å². The molecule has 184 valence electrons. The van der Waals surface area contributed by atoms with Gasteiger partial charge >= 0.3 is 0 Å². The van der Waals surface area contributed by atoms with Crippen molar-refractivity contribution in [3.8, 4) is 28.3 Å². The molecular weight excluding hydrogens is 464 g/mol. The molecule has 0 spiro atoms. The van der Waals surface area contributed by atoms with Crippen LogP contribution in [0.15, 0.2) is 54.7 Å². The Morgan fingerprint density at radius 3 is 2.33 bits per heavy atom. The van der Waals surface area contributed by atoms with Gasteiger partial charge < -0.3 is 18.8 Å². The van der Waals surface area contributed by atoms with E-state index in [-0.39, 0.29) is 23.2 Å². The van der Waals surface area contributed by atoms with Gasteiger partial charge in [-0.05, 0) is 66.9 Å². The molecule has 6 rings (SSSR count). The minimum atomic E-state index is -0.547. The van der Waals surface area contributed by atoms with E-state index in [1.807, 2.05) is 0 Å². The number of methoxy groups -OCH3 is 2. The lowest BCUT2D eigenvalue weighted by Crippen LogP contribution is -2.17. The molecule has 0 amide bonds. The first-order valence-electron chi connectivity index (χ1n) is 11.9. The van der Waals surface area contributed by atoms with Gasteiger partial charge in [-0.2, -0.15) is 9.49 Å². The number of ether oxygens (including phenoxy) is 3. The third kappa shape index (κ3) is 3.60. The van der Waals surface area contributed by atoms with Crippen LogP contribution in [0.25, 0.3) is 38.6 Å². The molecule has 1 aliphatic rings. The fourth-order valence-electron chi connectivity index (χ4n) is 5.29. The maximum Gasteiger partial charge on any atom is 0.206 e. The Morgan fingerprint density at radius 1 is 0.972 bits per heavy atom. The van der Waals surface area contributed by atoms with E-state index in [9.17, 15) is 8.78 Å². The van der Waals surface area contributed by atoms with Crippen LogP contribution in [0, 0.1) is 11.6 Å². The van der Waals surface area contributed by atoms with E-state index >= 15 is 0 Å². The largest absolute Gasteiger partial charge is 0.494 e. The van der Waals surface area contributed by atoms with Crippen molar-refractivity contribution in [3.05, 3.63) is 72.1 Å². The van der Waals surface area contributed by atoms with Crippen LogP contribution in [0.5, 0.6) is 11.5 Å². The van der Waals surface area contributed by atoms with Crippen LogP contribution in [-0.2, 0) is 4.74 Å². The summed E-state index contributed by atoms with van der Waals surface area (Å²) < 4.78 is 47.4. The lowest BCUT2D eigenvalue weighted by molar-refractivity contribution is 0.0843.